The molecule has 1 unspecified atom stereocenters. The Balaban J connectivity index is 1.62. The molecule has 1 N–H and O–H groups in total. The maximum Gasteiger partial charge on any atom is 0.416 e. The molecule has 0 radical (unpaired) electrons. The summed E-state index contributed by atoms with van der Waals surface area (Å²) in [6.07, 6.45) is -0.0212. The smallest absolute Gasteiger partial charge is 0.409 e. The predicted octanol–water partition coefficient (Wildman–Crippen LogP) is 4.58. The molecule has 0 spiro atoms. The van der Waals surface area contributed by atoms with Gasteiger partial charge < -0.3 is 10.1 Å². The molecule has 2 aromatic rings. The van der Waals surface area contributed by atoms with Crippen molar-refractivity contribution in [3.8, 4) is 5.75 Å². The molecular formula is C20H20Cl2N2O3. The lowest BCUT2D eigenvalue weighted by molar-refractivity contribution is -0.138. The van der Waals surface area contributed by atoms with E-state index in [1.54, 1.807) is 31.2 Å². The van der Waals surface area contributed by atoms with Crippen LogP contribution in [0.25, 0.3) is 0 Å². The molecule has 1 saturated heterocycles. The van der Waals surface area contributed by atoms with Crippen LogP contribution in [0.15, 0.2) is 42.5 Å². The number of halogens is 2. The Bertz CT molecular complexity index is 870. The van der Waals surface area contributed by atoms with Crippen molar-refractivity contribution in [2.24, 2.45) is 0 Å². The number of nitrogens with one attached hydrogen (secondary N) is 1. The lowest BCUT2D eigenvalue weighted by Gasteiger charge is -2.47. The molecule has 0 bridgehead atoms. The van der Waals surface area contributed by atoms with Gasteiger partial charge in [0.2, 0.25) is 5.91 Å². The standard InChI is InChI=1S/C20H20Cl2N2O3/c1-13-3-8-17(16(22)11-13)27-19(26)24-10-9-20(24,2)18(25)23-12-14-4-6-15(21)7-5-14/h3-8,11H,9-10,12H2,1-2H3,(H,23,25). The number of hydrogen-bond acceptors (Lipinski definition) is 3. The van der Waals surface area contributed by atoms with Crippen molar-refractivity contribution in [3.63, 3.8) is 0 Å². The molecule has 0 saturated carbocycles. The number of rotatable bonds is 4. The molecule has 7 heteroatoms. The molecule has 1 aliphatic rings. The monoisotopic (exact) mass is 406 g/mol. The third kappa shape index (κ3) is 4.20. The molecule has 1 fully saturated rings. The van der Waals surface area contributed by atoms with Crippen molar-refractivity contribution >= 4 is 35.2 Å². The van der Waals surface area contributed by atoms with Crippen molar-refractivity contribution < 1.29 is 14.3 Å². The molecule has 5 nitrogen and oxygen atoms in total. The van der Waals surface area contributed by atoms with Crippen molar-refractivity contribution in [1.29, 1.82) is 0 Å². The minimum Gasteiger partial charge on any atom is -0.409 e. The molecule has 0 aliphatic carbocycles. The van der Waals surface area contributed by atoms with Gasteiger partial charge in [0, 0.05) is 18.1 Å². The highest BCUT2D eigenvalue weighted by atomic mass is 35.5. The highest BCUT2D eigenvalue weighted by Crippen LogP contribution is 2.33. The first-order chi connectivity index (χ1) is 12.8. The Labute approximate surface area is 168 Å². The molecule has 27 heavy (non-hydrogen) atoms. The second kappa shape index (κ2) is 7.79. The van der Waals surface area contributed by atoms with Crippen molar-refractivity contribution in [1.82, 2.24) is 10.2 Å². The average molecular weight is 407 g/mol. The number of amides is 2. The zero-order chi connectivity index (χ0) is 19.6. The van der Waals surface area contributed by atoms with Crippen LogP contribution in [-0.2, 0) is 11.3 Å². The SMILES string of the molecule is Cc1ccc(OC(=O)N2CCC2(C)C(=O)NCc2ccc(Cl)cc2)c(Cl)c1. The summed E-state index contributed by atoms with van der Waals surface area (Å²) in [5.41, 5.74) is 0.951. The van der Waals surface area contributed by atoms with Crippen LogP contribution in [0.4, 0.5) is 4.79 Å². The first kappa shape index (κ1) is 19.5. The maximum absolute atomic E-state index is 12.7. The van der Waals surface area contributed by atoms with E-state index < -0.39 is 11.6 Å². The fraction of sp³-hybridized carbons (Fsp3) is 0.300. The zero-order valence-corrected chi connectivity index (χ0v) is 16.6. The van der Waals surface area contributed by atoms with Crippen LogP contribution in [-0.4, -0.2) is 29.0 Å². The van der Waals surface area contributed by atoms with Crippen molar-refractivity contribution in [2.75, 3.05) is 6.54 Å². The third-order valence-electron chi connectivity index (χ3n) is 4.78. The van der Waals surface area contributed by atoms with E-state index in [4.69, 9.17) is 27.9 Å². The molecule has 1 heterocycles. The van der Waals surface area contributed by atoms with E-state index in [-0.39, 0.29) is 11.7 Å². The number of likely N-dealkylation sites (tertiary alicyclic amines) is 1. The molecule has 0 aromatic heterocycles. The fourth-order valence-electron chi connectivity index (χ4n) is 2.90. The summed E-state index contributed by atoms with van der Waals surface area (Å²) < 4.78 is 5.39. The lowest BCUT2D eigenvalue weighted by atomic mass is 9.86. The number of carbonyl (C=O) groups is 2. The number of carbonyl (C=O) groups excluding carboxylic acids is 2. The van der Waals surface area contributed by atoms with E-state index in [1.807, 2.05) is 25.1 Å². The number of hydrogen-bond donors (Lipinski definition) is 1. The summed E-state index contributed by atoms with van der Waals surface area (Å²) in [7, 11) is 0. The molecule has 2 aromatic carbocycles. The van der Waals surface area contributed by atoms with E-state index >= 15 is 0 Å². The zero-order valence-electron chi connectivity index (χ0n) is 15.1. The predicted molar refractivity (Wildman–Crippen MR) is 105 cm³/mol. The van der Waals surface area contributed by atoms with E-state index in [1.165, 1.54) is 4.90 Å². The number of nitrogens with zero attached hydrogens (tertiary/aromatic N) is 1. The normalized spacial score (nSPS) is 18.6. The summed E-state index contributed by atoms with van der Waals surface area (Å²) in [6, 6.07) is 12.4. The first-order valence-corrected chi connectivity index (χ1v) is 9.33. The largest absolute Gasteiger partial charge is 0.416 e. The van der Waals surface area contributed by atoms with Crippen LogP contribution in [0.1, 0.15) is 24.5 Å². The Kier molecular flexibility index (Phi) is 5.63. The summed E-state index contributed by atoms with van der Waals surface area (Å²) in [5, 5.41) is 3.87. The van der Waals surface area contributed by atoms with E-state index in [0.29, 0.717) is 29.6 Å². The molecule has 3 rings (SSSR count). The molecule has 2 amide bonds. The quantitative estimate of drug-likeness (QED) is 0.807. The molecule has 142 valence electrons. The van der Waals surface area contributed by atoms with Gasteiger partial charge in [-0.2, -0.15) is 0 Å². The van der Waals surface area contributed by atoms with Gasteiger partial charge in [-0.3, -0.25) is 9.69 Å². The van der Waals surface area contributed by atoms with Gasteiger partial charge in [-0.1, -0.05) is 41.4 Å². The first-order valence-electron chi connectivity index (χ1n) is 8.58. The van der Waals surface area contributed by atoms with Crippen molar-refractivity contribution in [2.45, 2.75) is 32.4 Å². The van der Waals surface area contributed by atoms with Gasteiger partial charge in [0.25, 0.3) is 0 Å². The van der Waals surface area contributed by atoms with Gasteiger partial charge in [-0.15, -0.1) is 0 Å². The number of ether oxygens (including phenoxy) is 1. The van der Waals surface area contributed by atoms with Crippen LogP contribution in [0.2, 0.25) is 10.0 Å². The van der Waals surface area contributed by atoms with Crippen LogP contribution < -0.4 is 10.1 Å². The van der Waals surface area contributed by atoms with Gasteiger partial charge in [0.1, 0.15) is 5.54 Å². The van der Waals surface area contributed by atoms with E-state index in [0.717, 1.165) is 11.1 Å². The lowest BCUT2D eigenvalue weighted by Crippen LogP contribution is -2.67. The van der Waals surface area contributed by atoms with E-state index in [2.05, 4.69) is 5.32 Å². The number of benzene rings is 2. The van der Waals surface area contributed by atoms with Crippen LogP contribution in [0.3, 0.4) is 0 Å². The fourth-order valence-corrected chi connectivity index (χ4v) is 3.30. The summed E-state index contributed by atoms with van der Waals surface area (Å²) >= 11 is 12.0. The second-order valence-electron chi connectivity index (χ2n) is 6.79. The Morgan fingerprint density at radius 1 is 1.19 bits per heavy atom. The topological polar surface area (TPSA) is 58.6 Å². The molecule has 1 atom stereocenters. The minimum atomic E-state index is -0.944. The van der Waals surface area contributed by atoms with Gasteiger partial charge in [0.15, 0.2) is 5.75 Å². The third-order valence-corrected chi connectivity index (χ3v) is 5.33. The van der Waals surface area contributed by atoms with Crippen LogP contribution in [0, 0.1) is 6.92 Å². The van der Waals surface area contributed by atoms with E-state index in [9.17, 15) is 9.59 Å². The van der Waals surface area contributed by atoms with Gasteiger partial charge in [0.05, 0.1) is 5.02 Å². The maximum atomic E-state index is 12.7. The summed E-state index contributed by atoms with van der Waals surface area (Å²) in [4.78, 5) is 26.6. The van der Waals surface area contributed by atoms with Crippen LogP contribution >= 0.6 is 23.2 Å². The highest BCUT2D eigenvalue weighted by Gasteiger charge is 2.50. The molecule has 1 aliphatic heterocycles. The van der Waals surface area contributed by atoms with Gasteiger partial charge in [-0.25, -0.2) is 4.79 Å². The van der Waals surface area contributed by atoms with Crippen molar-refractivity contribution in [3.05, 3.63) is 63.6 Å². The number of aryl methyl sites for hydroxylation is 1. The van der Waals surface area contributed by atoms with Gasteiger partial charge >= 0.3 is 6.09 Å². The second-order valence-corrected chi connectivity index (χ2v) is 7.63. The summed E-state index contributed by atoms with van der Waals surface area (Å²) in [5.74, 6) is 0.0544. The Hall–Kier alpha value is -2.24. The minimum absolute atomic E-state index is 0.226. The highest BCUT2D eigenvalue weighted by molar-refractivity contribution is 6.32. The average Bonchev–Trinajstić information content (AvgIpc) is 2.61. The Morgan fingerprint density at radius 3 is 2.48 bits per heavy atom. The molecular weight excluding hydrogens is 387 g/mol. The van der Waals surface area contributed by atoms with Gasteiger partial charge in [-0.05, 0) is 55.7 Å². The summed E-state index contributed by atoms with van der Waals surface area (Å²) in [6.45, 7) is 4.44. The Morgan fingerprint density at radius 2 is 1.89 bits per heavy atom. The van der Waals surface area contributed by atoms with Crippen LogP contribution in [0.5, 0.6) is 5.75 Å².